The van der Waals surface area contributed by atoms with Crippen LogP contribution in [0.25, 0.3) is 0 Å². The van der Waals surface area contributed by atoms with Crippen LogP contribution in [0.4, 0.5) is 5.69 Å². The molecule has 1 aromatic carbocycles. The molecule has 2 atom stereocenters. The minimum absolute atomic E-state index is 0.0927. The van der Waals surface area contributed by atoms with Gasteiger partial charge in [0.05, 0.1) is 12.6 Å². The molecule has 100 valence electrons. The maximum atomic E-state index is 11.6. The summed E-state index contributed by atoms with van der Waals surface area (Å²) in [5.41, 5.74) is 0.678. The van der Waals surface area contributed by atoms with Gasteiger partial charge in [-0.3, -0.25) is 4.79 Å². The van der Waals surface area contributed by atoms with Crippen molar-refractivity contribution in [2.24, 2.45) is 0 Å². The van der Waals surface area contributed by atoms with Gasteiger partial charge in [-0.1, -0.05) is 17.7 Å². The number of nitrogens with one attached hydrogen (secondary N) is 2. The van der Waals surface area contributed by atoms with Gasteiger partial charge in [0.2, 0.25) is 5.91 Å². The normalized spacial score (nSPS) is 14.0. The molecule has 0 aliphatic carbocycles. The first-order valence-corrected chi connectivity index (χ1v) is 6.32. The number of hydrogen-bond donors (Lipinski definition) is 3. The lowest BCUT2D eigenvalue weighted by molar-refractivity contribution is -0.115. The smallest absolute Gasteiger partial charge is 0.238 e. The topological polar surface area (TPSA) is 61.4 Å². The van der Waals surface area contributed by atoms with E-state index in [1.807, 2.05) is 6.92 Å². The van der Waals surface area contributed by atoms with Crippen molar-refractivity contribution in [2.45, 2.75) is 32.4 Å². The highest BCUT2D eigenvalue weighted by molar-refractivity contribution is 6.30. The summed E-state index contributed by atoms with van der Waals surface area (Å²) in [4.78, 5) is 11.6. The third kappa shape index (κ3) is 6.00. The van der Waals surface area contributed by atoms with E-state index in [-0.39, 0.29) is 24.6 Å². The zero-order valence-electron chi connectivity index (χ0n) is 10.6. The van der Waals surface area contributed by atoms with Gasteiger partial charge in [-0.2, -0.15) is 0 Å². The number of anilines is 1. The number of hydrogen-bond acceptors (Lipinski definition) is 3. The van der Waals surface area contributed by atoms with Crippen LogP contribution in [-0.2, 0) is 4.79 Å². The van der Waals surface area contributed by atoms with Crippen LogP contribution in [0.15, 0.2) is 24.3 Å². The first-order valence-electron chi connectivity index (χ1n) is 5.94. The van der Waals surface area contributed by atoms with Crippen molar-refractivity contribution in [3.63, 3.8) is 0 Å². The van der Waals surface area contributed by atoms with Crippen molar-refractivity contribution < 1.29 is 9.90 Å². The molecule has 1 aromatic rings. The molecule has 0 heterocycles. The average molecular weight is 271 g/mol. The molecule has 5 heteroatoms. The molecule has 4 nitrogen and oxygen atoms in total. The molecule has 0 fully saturated rings. The van der Waals surface area contributed by atoms with E-state index in [1.54, 1.807) is 31.2 Å². The van der Waals surface area contributed by atoms with Gasteiger partial charge in [-0.15, -0.1) is 0 Å². The van der Waals surface area contributed by atoms with Crippen LogP contribution in [0.2, 0.25) is 5.02 Å². The zero-order chi connectivity index (χ0) is 13.5. The maximum absolute atomic E-state index is 11.6. The molecule has 0 spiro atoms. The third-order valence-electron chi connectivity index (χ3n) is 2.41. The Hall–Kier alpha value is -1.10. The highest BCUT2D eigenvalue weighted by Crippen LogP contribution is 2.14. The number of aliphatic hydroxyl groups excluding tert-OH is 1. The summed E-state index contributed by atoms with van der Waals surface area (Å²) in [6.07, 6.45) is 0.244. The SMILES string of the molecule is CC(O)CC(C)NCC(=O)Nc1cccc(Cl)c1. The quantitative estimate of drug-likeness (QED) is 0.741. The number of carbonyl (C=O) groups is 1. The number of rotatable bonds is 6. The zero-order valence-corrected chi connectivity index (χ0v) is 11.4. The van der Waals surface area contributed by atoms with Gasteiger partial charge in [0.1, 0.15) is 0 Å². The molecule has 2 unspecified atom stereocenters. The second-order valence-corrected chi connectivity index (χ2v) is 4.86. The van der Waals surface area contributed by atoms with E-state index < -0.39 is 0 Å². The van der Waals surface area contributed by atoms with E-state index in [2.05, 4.69) is 10.6 Å². The van der Waals surface area contributed by atoms with Crippen LogP contribution in [0.1, 0.15) is 20.3 Å². The minimum atomic E-state index is -0.372. The van der Waals surface area contributed by atoms with Crippen molar-refractivity contribution in [3.8, 4) is 0 Å². The summed E-state index contributed by atoms with van der Waals surface area (Å²) < 4.78 is 0. The summed E-state index contributed by atoms with van der Waals surface area (Å²) in [5, 5.41) is 15.6. The van der Waals surface area contributed by atoms with E-state index in [4.69, 9.17) is 11.6 Å². The summed E-state index contributed by atoms with van der Waals surface area (Å²) >= 11 is 5.82. The average Bonchev–Trinajstić information content (AvgIpc) is 2.25. The molecule has 0 saturated carbocycles. The Morgan fingerprint density at radius 2 is 2.17 bits per heavy atom. The molecular weight excluding hydrogens is 252 g/mol. The molecule has 1 rings (SSSR count). The molecule has 18 heavy (non-hydrogen) atoms. The second kappa shape index (κ2) is 7.36. The summed E-state index contributed by atoms with van der Waals surface area (Å²) in [6.45, 7) is 3.87. The summed E-state index contributed by atoms with van der Waals surface area (Å²) in [6, 6.07) is 7.10. The van der Waals surface area contributed by atoms with Crippen LogP contribution in [-0.4, -0.2) is 29.7 Å². The van der Waals surface area contributed by atoms with Crippen molar-refractivity contribution in [3.05, 3.63) is 29.3 Å². The van der Waals surface area contributed by atoms with Crippen molar-refractivity contribution >= 4 is 23.2 Å². The Labute approximate surface area is 112 Å². The van der Waals surface area contributed by atoms with Gasteiger partial charge in [0, 0.05) is 16.8 Å². The molecule has 0 saturated heterocycles. The lowest BCUT2D eigenvalue weighted by Crippen LogP contribution is -2.36. The molecular formula is C13H19ClN2O2. The lowest BCUT2D eigenvalue weighted by atomic mass is 10.1. The van der Waals surface area contributed by atoms with Crippen LogP contribution in [0.3, 0.4) is 0 Å². The van der Waals surface area contributed by atoms with Gasteiger partial charge in [-0.05, 0) is 38.5 Å². The summed E-state index contributed by atoms with van der Waals surface area (Å²) in [7, 11) is 0. The fourth-order valence-electron chi connectivity index (χ4n) is 1.63. The first-order chi connectivity index (χ1) is 8.47. The third-order valence-corrected chi connectivity index (χ3v) is 2.65. The molecule has 0 aliphatic rings. The van der Waals surface area contributed by atoms with E-state index in [1.165, 1.54) is 0 Å². The Morgan fingerprint density at radius 3 is 2.78 bits per heavy atom. The van der Waals surface area contributed by atoms with Gasteiger partial charge in [0.15, 0.2) is 0 Å². The molecule has 0 bridgehead atoms. The fourth-order valence-corrected chi connectivity index (χ4v) is 1.82. The number of aliphatic hydroxyl groups is 1. The van der Waals surface area contributed by atoms with Gasteiger partial charge in [-0.25, -0.2) is 0 Å². The standard InChI is InChI=1S/C13H19ClN2O2/c1-9(6-10(2)17)15-8-13(18)16-12-5-3-4-11(14)7-12/h3-5,7,9-10,15,17H,6,8H2,1-2H3,(H,16,18). The van der Waals surface area contributed by atoms with Crippen LogP contribution in [0, 0.1) is 0 Å². The Balaban J connectivity index is 2.34. The van der Waals surface area contributed by atoms with Gasteiger partial charge in [0.25, 0.3) is 0 Å². The number of amides is 1. The van der Waals surface area contributed by atoms with Crippen LogP contribution in [0.5, 0.6) is 0 Å². The first kappa shape index (κ1) is 15.0. The highest BCUT2D eigenvalue weighted by Gasteiger charge is 2.08. The Morgan fingerprint density at radius 1 is 1.44 bits per heavy atom. The highest BCUT2D eigenvalue weighted by atomic mass is 35.5. The Bertz CT molecular complexity index is 396. The number of halogens is 1. The van der Waals surface area contributed by atoms with E-state index in [0.717, 1.165) is 0 Å². The number of carbonyl (C=O) groups excluding carboxylic acids is 1. The fraction of sp³-hybridized carbons (Fsp3) is 0.462. The summed E-state index contributed by atoms with van der Waals surface area (Å²) in [5.74, 6) is -0.130. The van der Waals surface area contributed by atoms with Gasteiger partial charge >= 0.3 is 0 Å². The monoisotopic (exact) mass is 270 g/mol. The second-order valence-electron chi connectivity index (χ2n) is 4.43. The molecule has 0 aromatic heterocycles. The Kier molecular flexibility index (Phi) is 6.12. The minimum Gasteiger partial charge on any atom is -0.393 e. The van der Waals surface area contributed by atoms with Crippen molar-refractivity contribution in [1.29, 1.82) is 0 Å². The maximum Gasteiger partial charge on any atom is 0.238 e. The van der Waals surface area contributed by atoms with Crippen molar-refractivity contribution in [1.82, 2.24) is 5.32 Å². The van der Waals surface area contributed by atoms with Crippen LogP contribution < -0.4 is 10.6 Å². The molecule has 0 radical (unpaired) electrons. The largest absolute Gasteiger partial charge is 0.393 e. The van der Waals surface area contributed by atoms with E-state index in [0.29, 0.717) is 17.1 Å². The van der Waals surface area contributed by atoms with E-state index >= 15 is 0 Å². The van der Waals surface area contributed by atoms with Crippen molar-refractivity contribution in [2.75, 3.05) is 11.9 Å². The molecule has 1 amide bonds. The predicted molar refractivity (Wildman–Crippen MR) is 73.8 cm³/mol. The lowest BCUT2D eigenvalue weighted by Gasteiger charge is -2.15. The van der Waals surface area contributed by atoms with E-state index in [9.17, 15) is 9.90 Å². The van der Waals surface area contributed by atoms with Crippen LogP contribution >= 0.6 is 11.6 Å². The predicted octanol–water partition coefficient (Wildman–Crippen LogP) is 2.03. The molecule has 0 aliphatic heterocycles. The van der Waals surface area contributed by atoms with Gasteiger partial charge < -0.3 is 15.7 Å². The molecule has 3 N–H and O–H groups in total. The number of benzene rings is 1.